The SMILES string of the molecule is Br.Cc1cccc(C)c1.O=CO. The zero-order chi connectivity index (χ0) is 8.69. The van der Waals surface area contributed by atoms with Gasteiger partial charge in [-0.25, -0.2) is 0 Å². The molecule has 0 heterocycles. The topological polar surface area (TPSA) is 37.3 Å². The maximum absolute atomic E-state index is 8.36. The molecule has 1 rings (SSSR count). The van der Waals surface area contributed by atoms with E-state index in [2.05, 4.69) is 38.1 Å². The van der Waals surface area contributed by atoms with Gasteiger partial charge in [0.25, 0.3) is 6.47 Å². The summed E-state index contributed by atoms with van der Waals surface area (Å²) in [5.74, 6) is 0. The van der Waals surface area contributed by atoms with Gasteiger partial charge in [0.05, 0.1) is 0 Å². The zero-order valence-electron chi connectivity index (χ0n) is 7.15. The van der Waals surface area contributed by atoms with Crippen LogP contribution >= 0.6 is 17.0 Å². The van der Waals surface area contributed by atoms with Gasteiger partial charge in [-0.2, -0.15) is 0 Å². The second-order valence-electron chi connectivity index (χ2n) is 2.26. The fourth-order valence-corrected chi connectivity index (χ4v) is 0.807. The van der Waals surface area contributed by atoms with Crippen LogP contribution in [-0.2, 0) is 4.79 Å². The fraction of sp³-hybridized carbons (Fsp3) is 0.222. The van der Waals surface area contributed by atoms with Gasteiger partial charge in [0.2, 0.25) is 0 Å². The Morgan fingerprint density at radius 3 is 1.75 bits per heavy atom. The average Bonchev–Trinajstić information content (AvgIpc) is 1.88. The van der Waals surface area contributed by atoms with Gasteiger partial charge in [-0.1, -0.05) is 35.4 Å². The Balaban J connectivity index is 0. The Hall–Kier alpha value is -0.830. The molecule has 1 aromatic rings. The summed E-state index contributed by atoms with van der Waals surface area (Å²) in [4.78, 5) is 8.36. The molecule has 0 amide bonds. The highest BCUT2D eigenvalue weighted by molar-refractivity contribution is 8.93. The third kappa shape index (κ3) is 7.28. The summed E-state index contributed by atoms with van der Waals surface area (Å²) < 4.78 is 0. The van der Waals surface area contributed by atoms with E-state index >= 15 is 0 Å². The second kappa shape index (κ2) is 8.27. The minimum Gasteiger partial charge on any atom is -0.483 e. The molecule has 3 heteroatoms. The van der Waals surface area contributed by atoms with Crippen molar-refractivity contribution in [3.63, 3.8) is 0 Å². The highest BCUT2D eigenvalue weighted by Gasteiger charge is 1.80. The van der Waals surface area contributed by atoms with E-state index < -0.39 is 0 Å². The van der Waals surface area contributed by atoms with Crippen molar-refractivity contribution in [2.75, 3.05) is 0 Å². The van der Waals surface area contributed by atoms with Crippen LogP contribution in [0, 0.1) is 13.8 Å². The molecule has 0 unspecified atom stereocenters. The Morgan fingerprint density at radius 1 is 1.25 bits per heavy atom. The largest absolute Gasteiger partial charge is 0.483 e. The van der Waals surface area contributed by atoms with Gasteiger partial charge in [-0.05, 0) is 13.8 Å². The zero-order valence-corrected chi connectivity index (χ0v) is 8.86. The number of hydrogen-bond acceptors (Lipinski definition) is 1. The number of halogens is 1. The average molecular weight is 233 g/mol. The van der Waals surface area contributed by atoms with E-state index in [1.54, 1.807) is 0 Å². The molecule has 0 saturated heterocycles. The Bertz CT molecular complexity index is 206. The van der Waals surface area contributed by atoms with E-state index in [0.29, 0.717) is 0 Å². The number of carbonyl (C=O) groups is 1. The Morgan fingerprint density at radius 2 is 1.58 bits per heavy atom. The molecule has 0 saturated carbocycles. The third-order valence-electron chi connectivity index (χ3n) is 1.17. The van der Waals surface area contributed by atoms with Gasteiger partial charge >= 0.3 is 0 Å². The lowest BCUT2D eigenvalue weighted by Gasteiger charge is -1.90. The standard InChI is InChI=1S/C8H10.CH2O2.BrH/c1-7-4-3-5-8(2)6-7;2-1-3;/h3-6H,1-2H3;1H,(H,2,3);1H. The summed E-state index contributed by atoms with van der Waals surface area (Å²) in [6, 6.07) is 8.45. The van der Waals surface area contributed by atoms with Crippen LogP contribution in [0.2, 0.25) is 0 Å². The van der Waals surface area contributed by atoms with Gasteiger partial charge in [0.15, 0.2) is 0 Å². The van der Waals surface area contributed by atoms with E-state index in [9.17, 15) is 0 Å². The van der Waals surface area contributed by atoms with Crippen molar-refractivity contribution in [2.45, 2.75) is 13.8 Å². The minimum absolute atomic E-state index is 0. The summed E-state index contributed by atoms with van der Waals surface area (Å²) in [5, 5.41) is 6.89. The molecule has 0 aliphatic carbocycles. The van der Waals surface area contributed by atoms with E-state index in [1.165, 1.54) is 11.1 Å². The third-order valence-corrected chi connectivity index (χ3v) is 1.17. The summed E-state index contributed by atoms with van der Waals surface area (Å²) in [6.07, 6.45) is 0. The lowest BCUT2D eigenvalue weighted by molar-refractivity contribution is -0.122. The number of carboxylic acid groups (broad SMARTS) is 1. The van der Waals surface area contributed by atoms with Crippen LogP contribution in [0.1, 0.15) is 11.1 Å². The summed E-state index contributed by atoms with van der Waals surface area (Å²) in [6.45, 7) is 3.96. The normalized spacial score (nSPS) is 7.17. The first-order valence-electron chi connectivity index (χ1n) is 3.32. The first-order chi connectivity index (χ1) is 5.20. The van der Waals surface area contributed by atoms with Crippen LogP contribution in [0.3, 0.4) is 0 Å². The van der Waals surface area contributed by atoms with E-state index in [1.807, 2.05) is 0 Å². The quantitative estimate of drug-likeness (QED) is 0.699. The Labute approximate surface area is 83.0 Å². The van der Waals surface area contributed by atoms with E-state index in [4.69, 9.17) is 9.90 Å². The minimum atomic E-state index is -0.250. The maximum atomic E-state index is 8.36. The predicted octanol–water partition coefficient (Wildman–Crippen LogP) is 2.58. The molecule has 2 nitrogen and oxygen atoms in total. The molecule has 0 bridgehead atoms. The van der Waals surface area contributed by atoms with Crippen molar-refractivity contribution >= 4 is 23.5 Å². The number of hydrogen-bond donors (Lipinski definition) is 1. The monoisotopic (exact) mass is 232 g/mol. The first kappa shape index (κ1) is 13.7. The molecule has 0 radical (unpaired) electrons. The van der Waals surface area contributed by atoms with Crippen LogP contribution in [0.15, 0.2) is 24.3 Å². The van der Waals surface area contributed by atoms with Gasteiger partial charge in [-0.15, -0.1) is 17.0 Å². The van der Waals surface area contributed by atoms with Crippen molar-refractivity contribution in [2.24, 2.45) is 0 Å². The van der Waals surface area contributed by atoms with Crippen LogP contribution in [-0.4, -0.2) is 11.6 Å². The van der Waals surface area contributed by atoms with E-state index in [0.717, 1.165) is 0 Å². The van der Waals surface area contributed by atoms with Crippen molar-refractivity contribution in [1.29, 1.82) is 0 Å². The first-order valence-corrected chi connectivity index (χ1v) is 3.32. The summed E-state index contributed by atoms with van der Waals surface area (Å²) in [7, 11) is 0. The molecule has 0 aromatic heterocycles. The van der Waals surface area contributed by atoms with Gasteiger partial charge in [0.1, 0.15) is 0 Å². The molecular weight excluding hydrogens is 220 g/mol. The van der Waals surface area contributed by atoms with Crippen molar-refractivity contribution in [1.82, 2.24) is 0 Å². The predicted molar refractivity (Wildman–Crippen MR) is 54.9 cm³/mol. The molecule has 68 valence electrons. The molecule has 12 heavy (non-hydrogen) atoms. The van der Waals surface area contributed by atoms with Crippen LogP contribution in [0.4, 0.5) is 0 Å². The number of rotatable bonds is 0. The molecule has 0 aliphatic heterocycles. The molecular formula is C9H13BrO2. The Kier molecular flexibility index (Phi) is 9.47. The molecule has 1 N–H and O–H groups in total. The fourth-order valence-electron chi connectivity index (χ4n) is 0.807. The van der Waals surface area contributed by atoms with E-state index in [-0.39, 0.29) is 23.5 Å². The lowest BCUT2D eigenvalue weighted by Crippen LogP contribution is -1.71. The molecule has 1 aromatic carbocycles. The lowest BCUT2D eigenvalue weighted by atomic mass is 10.2. The smallest absolute Gasteiger partial charge is 0.290 e. The van der Waals surface area contributed by atoms with Crippen molar-refractivity contribution in [3.05, 3.63) is 35.4 Å². The van der Waals surface area contributed by atoms with Crippen LogP contribution < -0.4 is 0 Å². The summed E-state index contributed by atoms with van der Waals surface area (Å²) in [5.41, 5.74) is 2.68. The highest BCUT2D eigenvalue weighted by Crippen LogP contribution is 2.00. The number of benzene rings is 1. The summed E-state index contributed by atoms with van der Waals surface area (Å²) >= 11 is 0. The molecule has 0 fully saturated rings. The molecule has 0 aliphatic rings. The van der Waals surface area contributed by atoms with Gasteiger partial charge in [0, 0.05) is 0 Å². The molecule has 0 spiro atoms. The number of aryl methyl sites for hydroxylation is 2. The van der Waals surface area contributed by atoms with Gasteiger partial charge in [-0.3, -0.25) is 4.79 Å². The maximum Gasteiger partial charge on any atom is 0.290 e. The molecule has 0 atom stereocenters. The van der Waals surface area contributed by atoms with Crippen LogP contribution in [0.5, 0.6) is 0 Å². The van der Waals surface area contributed by atoms with Crippen molar-refractivity contribution < 1.29 is 9.90 Å². The van der Waals surface area contributed by atoms with Gasteiger partial charge < -0.3 is 5.11 Å². The van der Waals surface area contributed by atoms with Crippen LogP contribution in [0.25, 0.3) is 0 Å². The van der Waals surface area contributed by atoms with Crippen molar-refractivity contribution in [3.8, 4) is 0 Å². The highest BCUT2D eigenvalue weighted by atomic mass is 79.9. The second-order valence-corrected chi connectivity index (χ2v) is 2.26.